The van der Waals surface area contributed by atoms with Gasteiger partial charge in [-0.05, 0) is 57.1 Å². The van der Waals surface area contributed by atoms with Crippen LogP contribution in [-0.2, 0) is 9.59 Å². The van der Waals surface area contributed by atoms with Crippen molar-refractivity contribution in [3.8, 4) is 0 Å². The first-order valence-corrected chi connectivity index (χ1v) is 12.0. The molecular formula is C26H39BrN4O2. The van der Waals surface area contributed by atoms with Crippen LogP contribution in [0.4, 0.5) is 0 Å². The normalized spacial score (nSPS) is 17.0. The third kappa shape index (κ3) is 9.26. The predicted octanol–water partition coefficient (Wildman–Crippen LogP) is 5.08. The molecule has 0 radical (unpaired) electrons. The maximum Gasteiger partial charge on any atom is 0.243 e. The van der Waals surface area contributed by atoms with Crippen molar-refractivity contribution >= 4 is 40.0 Å². The van der Waals surface area contributed by atoms with Gasteiger partial charge in [0.05, 0.1) is 6.04 Å². The maximum atomic E-state index is 12.9. The summed E-state index contributed by atoms with van der Waals surface area (Å²) in [6.45, 7) is 16.1. The number of hydrogen-bond acceptors (Lipinski definition) is 4. The molecule has 1 fully saturated rings. The van der Waals surface area contributed by atoms with E-state index in [0.717, 1.165) is 27.6 Å². The monoisotopic (exact) mass is 518 g/mol. The minimum Gasteiger partial charge on any atom is -0.348 e. The molecule has 1 aromatic rings. The van der Waals surface area contributed by atoms with Gasteiger partial charge >= 0.3 is 0 Å². The van der Waals surface area contributed by atoms with Gasteiger partial charge in [-0.2, -0.15) is 0 Å². The number of rotatable bonds is 7. The van der Waals surface area contributed by atoms with Gasteiger partial charge in [0.15, 0.2) is 0 Å². The number of carbonyl (C=O) groups excluding carboxylic acids is 2. The predicted molar refractivity (Wildman–Crippen MR) is 142 cm³/mol. The van der Waals surface area contributed by atoms with E-state index in [1.165, 1.54) is 0 Å². The van der Waals surface area contributed by atoms with E-state index >= 15 is 0 Å². The highest BCUT2D eigenvalue weighted by molar-refractivity contribution is 9.12. The molecule has 0 aliphatic carbocycles. The van der Waals surface area contributed by atoms with Crippen molar-refractivity contribution in [1.29, 1.82) is 0 Å². The zero-order chi connectivity index (χ0) is 25.2. The fourth-order valence-electron chi connectivity index (χ4n) is 3.63. The number of hydrogen-bond donors (Lipinski definition) is 2. The van der Waals surface area contributed by atoms with E-state index in [0.29, 0.717) is 19.4 Å². The van der Waals surface area contributed by atoms with Crippen LogP contribution < -0.4 is 10.6 Å². The summed E-state index contributed by atoms with van der Waals surface area (Å²) in [7, 11) is 3.75. The summed E-state index contributed by atoms with van der Waals surface area (Å²) in [5.41, 5.74) is 2.71. The third-order valence-corrected chi connectivity index (χ3v) is 5.58. The van der Waals surface area contributed by atoms with Gasteiger partial charge in [0, 0.05) is 29.2 Å². The average molecular weight is 520 g/mol. The van der Waals surface area contributed by atoms with E-state index in [4.69, 9.17) is 0 Å². The Kier molecular flexibility index (Phi) is 11.7. The first kappa shape index (κ1) is 28.8. The lowest BCUT2D eigenvalue weighted by Gasteiger charge is -2.28. The molecule has 0 aromatic heterocycles. The molecule has 2 amide bonds. The molecule has 6 nitrogen and oxygen atoms in total. The molecule has 1 aliphatic rings. The molecule has 2 N–H and O–H groups in total. The number of amides is 2. The van der Waals surface area contributed by atoms with E-state index in [1.54, 1.807) is 11.1 Å². The molecule has 0 saturated carbocycles. The minimum absolute atomic E-state index is 0.0577. The quantitative estimate of drug-likeness (QED) is 0.390. The summed E-state index contributed by atoms with van der Waals surface area (Å²) in [4.78, 5) is 31.1. The van der Waals surface area contributed by atoms with Gasteiger partial charge in [-0.25, -0.2) is 0 Å². The molecule has 182 valence electrons. The molecule has 1 saturated heterocycles. The number of nitrogens with one attached hydrogen (secondary N) is 2. The average Bonchev–Trinajstić information content (AvgIpc) is 3.21. The van der Waals surface area contributed by atoms with Gasteiger partial charge < -0.3 is 15.5 Å². The van der Waals surface area contributed by atoms with E-state index in [9.17, 15) is 9.59 Å². The fourth-order valence-corrected chi connectivity index (χ4v) is 3.96. The highest BCUT2D eigenvalue weighted by atomic mass is 79.9. The van der Waals surface area contributed by atoms with Gasteiger partial charge in [0.25, 0.3) is 0 Å². The van der Waals surface area contributed by atoms with Gasteiger partial charge in [0.2, 0.25) is 11.8 Å². The number of likely N-dealkylation sites (tertiary alicyclic amines) is 1. The van der Waals surface area contributed by atoms with Crippen LogP contribution in [0.1, 0.15) is 64.1 Å². The molecule has 1 aromatic carbocycles. The highest BCUT2D eigenvalue weighted by Gasteiger charge is 2.35. The Balaban J connectivity index is 0.00000172. The van der Waals surface area contributed by atoms with Gasteiger partial charge in [0.1, 0.15) is 6.04 Å². The maximum absolute atomic E-state index is 12.9. The van der Waals surface area contributed by atoms with Gasteiger partial charge in [-0.3, -0.25) is 14.6 Å². The van der Waals surface area contributed by atoms with Crippen LogP contribution in [0.3, 0.4) is 0 Å². The van der Waals surface area contributed by atoms with Crippen LogP contribution in [0.2, 0.25) is 0 Å². The molecule has 0 bridgehead atoms. The number of halogens is 1. The summed E-state index contributed by atoms with van der Waals surface area (Å²) in [5.74, 6) is -0.0288. The lowest BCUT2D eigenvalue weighted by Crippen LogP contribution is -2.47. The van der Waals surface area contributed by atoms with Crippen LogP contribution in [-0.4, -0.2) is 50.1 Å². The SMILES string of the molecule is C=N/C=C(\C(=C)Br)c1ccc(C(C)NC(=O)C2CCCN2C(=O)CC(C)(C)C)cc1.CNC. The van der Waals surface area contributed by atoms with Crippen LogP contribution in [0.5, 0.6) is 0 Å². The number of allylic oxidation sites excluding steroid dienone is 2. The molecule has 33 heavy (non-hydrogen) atoms. The summed E-state index contributed by atoms with van der Waals surface area (Å²) < 4.78 is 0.727. The Morgan fingerprint density at radius 1 is 1.27 bits per heavy atom. The van der Waals surface area contributed by atoms with Crippen molar-refractivity contribution in [2.45, 2.75) is 59.0 Å². The van der Waals surface area contributed by atoms with E-state index in [-0.39, 0.29) is 29.3 Å². The summed E-state index contributed by atoms with van der Waals surface area (Å²) in [6, 6.07) is 7.34. The second kappa shape index (κ2) is 13.5. The van der Waals surface area contributed by atoms with Crippen molar-refractivity contribution in [3.63, 3.8) is 0 Å². The van der Waals surface area contributed by atoms with Gasteiger partial charge in [-0.15, -0.1) is 0 Å². The minimum atomic E-state index is -0.383. The zero-order valence-corrected chi connectivity index (χ0v) is 22.5. The molecule has 1 heterocycles. The second-order valence-corrected chi connectivity index (χ2v) is 10.4. The largest absolute Gasteiger partial charge is 0.348 e. The van der Waals surface area contributed by atoms with Crippen LogP contribution in [0.25, 0.3) is 5.57 Å². The van der Waals surface area contributed by atoms with E-state index in [1.807, 2.05) is 66.1 Å². The number of carbonyl (C=O) groups is 2. The second-order valence-electron chi connectivity index (χ2n) is 9.47. The summed E-state index contributed by atoms with van der Waals surface area (Å²) in [6.07, 6.45) is 3.67. The van der Waals surface area contributed by atoms with E-state index in [2.05, 4.69) is 44.9 Å². The smallest absolute Gasteiger partial charge is 0.243 e. The van der Waals surface area contributed by atoms with Crippen molar-refractivity contribution < 1.29 is 9.59 Å². The Labute approximate surface area is 207 Å². The fraction of sp³-hybridized carbons (Fsp3) is 0.500. The standard InChI is InChI=1S/C24H32BrN3O2.C2H7N/c1-16(25)20(15-26-6)19-11-9-18(10-12-19)17(2)27-23(30)21-8-7-13-28(21)22(29)14-24(3,4)5;1-3-2/h9-12,15,17,21H,1,6-8,13-14H2,2-5H3,(H,27,30);3H,1-2H3/b20-15+;. The van der Waals surface area contributed by atoms with Crippen molar-refractivity contribution in [1.82, 2.24) is 15.5 Å². The van der Waals surface area contributed by atoms with Crippen LogP contribution in [0, 0.1) is 5.41 Å². The highest BCUT2D eigenvalue weighted by Crippen LogP contribution is 2.28. The molecule has 2 atom stereocenters. The van der Waals surface area contributed by atoms with Crippen molar-refractivity contribution in [2.24, 2.45) is 10.4 Å². The van der Waals surface area contributed by atoms with E-state index < -0.39 is 0 Å². The molecular weight excluding hydrogens is 480 g/mol. The Morgan fingerprint density at radius 2 is 1.85 bits per heavy atom. The summed E-state index contributed by atoms with van der Waals surface area (Å²) >= 11 is 3.39. The first-order valence-electron chi connectivity index (χ1n) is 11.2. The molecule has 7 heteroatoms. The lowest BCUT2D eigenvalue weighted by atomic mass is 9.91. The Bertz CT molecular complexity index is 856. The Morgan fingerprint density at radius 3 is 2.33 bits per heavy atom. The molecule has 0 spiro atoms. The molecule has 2 unspecified atom stereocenters. The topological polar surface area (TPSA) is 73.8 Å². The lowest BCUT2D eigenvalue weighted by molar-refractivity contribution is -0.140. The zero-order valence-electron chi connectivity index (χ0n) is 20.9. The Hall–Kier alpha value is -2.25. The molecule has 1 aliphatic heterocycles. The third-order valence-electron chi connectivity index (χ3n) is 5.15. The first-order chi connectivity index (χ1) is 15.4. The molecule has 2 rings (SSSR count). The summed E-state index contributed by atoms with van der Waals surface area (Å²) in [5, 5.41) is 5.83. The number of benzene rings is 1. The number of aliphatic imine (C=N–C) groups is 1. The van der Waals surface area contributed by atoms with Crippen LogP contribution in [0.15, 0.2) is 46.5 Å². The van der Waals surface area contributed by atoms with Crippen molar-refractivity contribution in [3.05, 3.63) is 52.7 Å². The van der Waals surface area contributed by atoms with Crippen LogP contribution >= 0.6 is 15.9 Å². The van der Waals surface area contributed by atoms with Gasteiger partial charge in [-0.1, -0.05) is 67.5 Å². The van der Waals surface area contributed by atoms with Crippen molar-refractivity contribution in [2.75, 3.05) is 20.6 Å². The number of nitrogens with zero attached hydrogens (tertiary/aromatic N) is 2.